The van der Waals surface area contributed by atoms with Gasteiger partial charge >= 0.3 is 12.1 Å². The van der Waals surface area contributed by atoms with Crippen LogP contribution in [0.2, 0.25) is 0 Å². The second kappa shape index (κ2) is 5.68. The smallest absolute Gasteiger partial charge is 0.408 e. The fraction of sp³-hybridized carbons (Fsp3) is 0.600. The summed E-state index contributed by atoms with van der Waals surface area (Å²) in [6.07, 6.45) is -0.0516. The monoisotopic (exact) mass is 324 g/mol. The molecule has 0 aromatic carbocycles. The van der Waals surface area contributed by atoms with Crippen molar-refractivity contribution in [2.75, 3.05) is 0 Å². The van der Waals surface area contributed by atoms with E-state index in [0.717, 1.165) is 4.90 Å². The van der Waals surface area contributed by atoms with Crippen molar-refractivity contribution in [3.8, 4) is 0 Å². The molecule has 23 heavy (non-hydrogen) atoms. The number of Topliss-reactive ketones (excluding diaryl/α,β-unsaturated/α-hetero) is 1. The van der Waals surface area contributed by atoms with Crippen molar-refractivity contribution < 1.29 is 29.0 Å². The zero-order chi connectivity index (χ0) is 17.5. The Kier molecular flexibility index (Phi) is 4.19. The number of rotatable bonds is 3. The van der Waals surface area contributed by atoms with Crippen molar-refractivity contribution in [3.63, 3.8) is 0 Å². The molecule has 2 aliphatic heterocycles. The molecule has 0 saturated carbocycles. The van der Waals surface area contributed by atoms with Crippen LogP contribution in [0.25, 0.3) is 0 Å². The third kappa shape index (κ3) is 3.20. The number of nitrogens with zero attached hydrogens (tertiary/aromatic N) is 1. The number of allylic oxidation sites excluding steroid dienone is 1. The maximum Gasteiger partial charge on any atom is 0.408 e. The molecule has 1 saturated heterocycles. The van der Waals surface area contributed by atoms with Gasteiger partial charge in [0.05, 0.1) is 6.04 Å². The Morgan fingerprint density at radius 3 is 2.39 bits per heavy atom. The summed E-state index contributed by atoms with van der Waals surface area (Å²) in [5.74, 6) is -2.22. The normalized spacial score (nSPS) is 23.8. The van der Waals surface area contributed by atoms with E-state index in [1.807, 2.05) is 0 Å². The van der Waals surface area contributed by atoms with Crippen LogP contribution >= 0.6 is 0 Å². The highest BCUT2D eigenvalue weighted by atomic mass is 16.6. The van der Waals surface area contributed by atoms with Crippen molar-refractivity contribution in [2.45, 2.75) is 58.2 Å². The first-order valence-corrected chi connectivity index (χ1v) is 7.33. The van der Waals surface area contributed by atoms with Gasteiger partial charge in [0, 0.05) is 5.57 Å². The van der Waals surface area contributed by atoms with Crippen molar-refractivity contribution in [1.82, 2.24) is 10.2 Å². The molecule has 8 nitrogen and oxygen atoms in total. The van der Waals surface area contributed by atoms with Gasteiger partial charge in [-0.15, -0.1) is 0 Å². The number of aliphatic carboxylic acids is 1. The van der Waals surface area contributed by atoms with Crippen LogP contribution in [0, 0.1) is 0 Å². The third-order valence-corrected chi connectivity index (χ3v) is 3.74. The molecule has 0 bridgehead atoms. The molecule has 2 rings (SSSR count). The maximum absolute atomic E-state index is 12.2. The lowest BCUT2D eigenvalue weighted by atomic mass is 9.82. The lowest BCUT2D eigenvalue weighted by molar-refractivity contribution is -0.154. The van der Waals surface area contributed by atoms with Crippen LogP contribution in [0.15, 0.2) is 11.3 Å². The number of nitrogens with one attached hydrogen (secondary N) is 1. The molecular weight excluding hydrogens is 304 g/mol. The number of ether oxygens (including phenoxy) is 1. The zero-order valence-corrected chi connectivity index (χ0v) is 13.5. The van der Waals surface area contributed by atoms with E-state index in [1.165, 1.54) is 6.92 Å². The van der Waals surface area contributed by atoms with E-state index in [2.05, 4.69) is 5.32 Å². The van der Waals surface area contributed by atoms with Crippen LogP contribution in [0.5, 0.6) is 0 Å². The first-order valence-electron chi connectivity index (χ1n) is 7.33. The number of alkyl carbamates (subject to hydrolysis) is 1. The van der Waals surface area contributed by atoms with E-state index in [0.29, 0.717) is 6.42 Å². The zero-order valence-electron chi connectivity index (χ0n) is 13.5. The number of carbonyl (C=O) groups is 4. The van der Waals surface area contributed by atoms with Gasteiger partial charge < -0.3 is 15.2 Å². The minimum atomic E-state index is -1.32. The summed E-state index contributed by atoms with van der Waals surface area (Å²) in [4.78, 5) is 48.1. The van der Waals surface area contributed by atoms with E-state index in [9.17, 15) is 24.3 Å². The van der Waals surface area contributed by atoms with Crippen LogP contribution < -0.4 is 5.32 Å². The SMILES string of the molecule is CC(=O)C1=C(C(=O)O)N2C(=O)[C@@H](NC(=O)OC(C)(C)C)[C@@H]2CC1. The summed E-state index contributed by atoms with van der Waals surface area (Å²) < 4.78 is 5.10. The molecule has 2 heterocycles. The minimum absolute atomic E-state index is 0.137. The Morgan fingerprint density at radius 1 is 1.30 bits per heavy atom. The molecule has 2 atom stereocenters. The van der Waals surface area contributed by atoms with Gasteiger partial charge in [0.25, 0.3) is 5.91 Å². The first-order chi connectivity index (χ1) is 10.5. The molecule has 0 aromatic heterocycles. The lowest BCUT2D eigenvalue weighted by Crippen LogP contribution is -2.72. The molecule has 0 radical (unpaired) electrons. The Bertz CT molecular complexity index is 616. The summed E-state index contributed by atoms with van der Waals surface area (Å²) >= 11 is 0. The Morgan fingerprint density at radius 2 is 1.91 bits per heavy atom. The second-order valence-electron chi connectivity index (χ2n) is 6.63. The highest BCUT2D eigenvalue weighted by Gasteiger charge is 2.54. The summed E-state index contributed by atoms with van der Waals surface area (Å²) in [5, 5.41) is 11.8. The van der Waals surface area contributed by atoms with Crippen LogP contribution in [-0.4, -0.2) is 51.4 Å². The first kappa shape index (κ1) is 17.0. The molecule has 0 aromatic rings. The van der Waals surface area contributed by atoms with Crippen LogP contribution in [0.4, 0.5) is 4.79 Å². The van der Waals surface area contributed by atoms with Crippen molar-refractivity contribution >= 4 is 23.8 Å². The number of ketones is 1. The van der Waals surface area contributed by atoms with Gasteiger partial charge in [0.15, 0.2) is 5.78 Å². The van der Waals surface area contributed by atoms with E-state index >= 15 is 0 Å². The number of fused-ring (bicyclic) bond motifs is 1. The molecule has 0 aliphatic carbocycles. The average Bonchev–Trinajstić information content (AvgIpc) is 2.40. The molecule has 126 valence electrons. The quantitative estimate of drug-likeness (QED) is 0.743. The molecule has 2 N–H and O–H groups in total. The number of β-lactam (4-membered cyclic amide) rings is 1. The summed E-state index contributed by atoms with van der Waals surface area (Å²) in [6, 6.07) is -1.29. The van der Waals surface area contributed by atoms with Crippen LogP contribution in [0.3, 0.4) is 0 Å². The predicted octanol–water partition coefficient (Wildman–Crippen LogP) is 0.812. The van der Waals surface area contributed by atoms with Gasteiger partial charge in [0.2, 0.25) is 0 Å². The third-order valence-electron chi connectivity index (χ3n) is 3.74. The van der Waals surface area contributed by atoms with E-state index in [1.54, 1.807) is 20.8 Å². The largest absolute Gasteiger partial charge is 0.477 e. The topological polar surface area (TPSA) is 113 Å². The highest BCUT2D eigenvalue weighted by Crippen LogP contribution is 2.37. The van der Waals surface area contributed by atoms with Gasteiger partial charge in [-0.3, -0.25) is 14.5 Å². The lowest BCUT2D eigenvalue weighted by Gasteiger charge is -2.49. The van der Waals surface area contributed by atoms with Gasteiger partial charge in [-0.2, -0.15) is 0 Å². The summed E-state index contributed by atoms with van der Waals surface area (Å²) in [5.41, 5.74) is -0.837. The Labute approximate surface area is 133 Å². The fourth-order valence-corrected chi connectivity index (χ4v) is 2.84. The molecule has 1 fully saturated rings. The van der Waals surface area contributed by atoms with E-state index in [4.69, 9.17) is 4.74 Å². The molecule has 8 heteroatoms. The number of carboxylic acids is 1. The summed E-state index contributed by atoms with van der Waals surface area (Å²) in [6.45, 7) is 6.38. The standard InChI is InChI=1S/C15H20N2O6/c1-7(18)8-5-6-9-10(16-14(22)23-15(2,3)4)12(19)17(9)11(8)13(20)21/h9-10H,5-6H2,1-4H3,(H,16,22)(H,20,21)/t9-,10-/m0/s1. The Hall–Kier alpha value is -2.38. The summed E-state index contributed by atoms with van der Waals surface area (Å²) in [7, 11) is 0. The predicted molar refractivity (Wildman–Crippen MR) is 78.4 cm³/mol. The molecule has 2 amide bonds. The van der Waals surface area contributed by atoms with Crippen LogP contribution in [0.1, 0.15) is 40.5 Å². The molecule has 0 spiro atoms. The van der Waals surface area contributed by atoms with E-state index in [-0.39, 0.29) is 23.5 Å². The average molecular weight is 324 g/mol. The van der Waals surface area contributed by atoms with Crippen LogP contribution in [-0.2, 0) is 19.1 Å². The van der Waals surface area contributed by atoms with Crippen molar-refractivity contribution in [1.29, 1.82) is 0 Å². The van der Waals surface area contributed by atoms with Crippen molar-refractivity contribution in [2.24, 2.45) is 0 Å². The van der Waals surface area contributed by atoms with Gasteiger partial charge in [-0.05, 0) is 40.5 Å². The molecule has 2 aliphatic rings. The molecule has 0 unspecified atom stereocenters. The molecular formula is C15H20N2O6. The Balaban J connectivity index is 2.16. The van der Waals surface area contributed by atoms with Crippen molar-refractivity contribution in [3.05, 3.63) is 11.3 Å². The number of amides is 2. The maximum atomic E-state index is 12.2. The van der Waals surface area contributed by atoms with E-state index < -0.39 is 35.7 Å². The van der Waals surface area contributed by atoms with Gasteiger partial charge in [-0.1, -0.05) is 0 Å². The number of hydrogen-bond donors (Lipinski definition) is 2. The fourth-order valence-electron chi connectivity index (χ4n) is 2.84. The number of hydrogen-bond acceptors (Lipinski definition) is 5. The second-order valence-corrected chi connectivity index (χ2v) is 6.63. The van der Waals surface area contributed by atoms with Gasteiger partial charge in [0.1, 0.15) is 17.3 Å². The minimum Gasteiger partial charge on any atom is -0.477 e. The highest BCUT2D eigenvalue weighted by molar-refractivity contribution is 6.07. The van der Waals surface area contributed by atoms with Gasteiger partial charge in [-0.25, -0.2) is 9.59 Å². The number of carbonyl (C=O) groups excluding carboxylic acids is 3. The number of carboxylic acid groups (broad SMARTS) is 1.